The number of carbonyl (C=O) groups is 3. The number of oxime groups is 1. The molecule has 1 fully saturated rings. The summed E-state index contributed by atoms with van der Waals surface area (Å²) in [6, 6.07) is -0.880. The molecule has 3 unspecified atom stereocenters. The summed E-state index contributed by atoms with van der Waals surface area (Å²) in [7, 11) is 0. The van der Waals surface area contributed by atoms with E-state index in [-0.39, 0.29) is 24.4 Å². The van der Waals surface area contributed by atoms with Crippen LogP contribution in [0, 0.1) is 0 Å². The van der Waals surface area contributed by atoms with Crippen molar-refractivity contribution < 1.29 is 29.2 Å². The average Bonchev–Trinajstić information content (AvgIpc) is 3.53. The summed E-state index contributed by atoms with van der Waals surface area (Å²) in [5.74, 6) is -1.98. The van der Waals surface area contributed by atoms with Gasteiger partial charge in [0.15, 0.2) is 10.8 Å². The van der Waals surface area contributed by atoms with Crippen molar-refractivity contribution >= 4 is 51.7 Å². The first-order chi connectivity index (χ1) is 17.9. The highest BCUT2D eigenvalue weighted by atomic mass is 32.2. The van der Waals surface area contributed by atoms with E-state index < -0.39 is 29.2 Å². The highest BCUT2D eigenvalue weighted by Crippen LogP contribution is 2.40. The van der Waals surface area contributed by atoms with Gasteiger partial charge in [0.1, 0.15) is 36.8 Å². The minimum absolute atomic E-state index is 0.0537. The number of thioether (sulfide) groups is 1. The maximum atomic E-state index is 13.1. The second-order valence-corrected chi connectivity index (χ2v) is 11.1. The van der Waals surface area contributed by atoms with E-state index in [9.17, 15) is 19.5 Å². The number of fused-ring (bicyclic) bond motifs is 1. The number of carboxylic acids is 1. The van der Waals surface area contributed by atoms with Crippen LogP contribution in [0.5, 0.6) is 0 Å². The van der Waals surface area contributed by atoms with Crippen molar-refractivity contribution in [1.29, 1.82) is 0 Å². The normalized spacial score (nSPS) is 25.1. The average molecular weight is 545 g/mol. The van der Waals surface area contributed by atoms with Gasteiger partial charge in [0.25, 0.3) is 11.8 Å². The van der Waals surface area contributed by atoms with Crippen molar-refractivity contribution in [2.24, 2.45) is 5.16 Å². The molecule has 11 nitrogen and oxygen atoms in total. The van der Waals surface area contributed by atoms with E-state index in [1.807, 2.05) is 0 Å². The Morgan fingerprint density at radius 2 is 2.24 bits per heavy atom. The lowest BCUT2D eigenvalue weighted by molar-refractivity contribution is -0.851. The summed E-state index contributed by atoms with van der Waals surface area (Å²) in [4.78, 5) is 50.0. The van der Waals surface area contributed by atoms with Gasteiger partial charge < -0.3 is 25.8 Å². The van der Waals surface area contributed by atoms with Crippen molar-refractivity contribution in [2.75, 3.05) is 31.2 Å². The molecule has 0 aromatic carbocycles. The van der Waals surface area contributed by atoms with Crippen LogP contribution in [0.25, 0.3) is 0 Å². The number of carboxylic acid groups (broad SMARTS) is 1. The predicted molar refractivity (Wildman–Crippen MR) is 137 cm³/mol. The molecule has 0 bridgehead atoms. The number of carbonyl (C=O) groups excluding carboxylic acids is 3. The number of nitrogens with one attached hydrogen (secondary N) is 2. The molecule has 1 saturated heterocycles. The third-order valence-electron chi connectivity index (χ3n) is 6.81. The summed E-state index contributed by atoms with van der Waals surface area (Å²) in [6.45, 7) is 3.30. The zero-order valence-electron chi connectivity index (χ0n) is 20.3. The first-order valence-corrected chi connectivity index (χ1v) is 14.1. The third kappa shape index (κ3) is 5.03. The lowest BCUT2D eigenvalue weighted by Gasteiger charge is -2.50. The number of hydrogen-bond acceptors (Lipinski definition) is 10. The topological polar surface area (TPSA) is 154 Å². The number of β-lactam (4-membered cyclic amide) rings is 1. The van der Waals surface area contributed by atoms with Gasteiger partial charge in [0, 0.05) is 35.1 Å². The molecule has 4 N–H and O–H groups in total. The number of aliphatic carboxylic acids is 1. The van der Waals surface area contributed by atoms with Gasteiger partial charge in [0.2, 0.25) is 0 Å². The zero-order chi connectivity index (χ0) is 26.1. The molecule has 37 heavy (non-hydrogen) atoms. The van der Waals surface area contributed by atoms with Gasteiger partial charge >= 0.3 is 0 Å². The lowest BCUT2D eigenvalue weighted by Crippen LogP contribution is -3.10. The van der Waals surface area contributed by atoms with Gasteiger partial charge in [-0.3, -0.25) is 19.4 Å². The number of rotatable bonds is 9. The number of nitrogen functional groups attached to an aromatic ring is 1. The van der Waals surface area contributed by atoms with Crippen molar-refractivity contribution in [3.63, 3.8) is 0 Å². The Labute approximate surface area is 222 Å². The summed E-state index contributed by atoms with van der Waals surface area (Å²) in [5.41, 5.74) is 9.59. The van der Waals surface area contributed by atoms with E-state index >= 15 is 0 Å². The maximum absolute atomic E-state index is 13.1. The Hall–Kier alpha value is -3.16. The quantitative estimate of drug-likeness (QED) is 0.202. The van der Waals surface area contributed by atoms with Crippen LogP contribution in [0.15, 0.2) is 45.2 Å². The van der Waals surface area contributed by atoms with Gasteiger partial charge in [-0.2, -0.15) is 0 Å². The van der Waals surface area contributed by atoms with Crippen molar-refractivity contribution in [3.8, 4) is 0 Å². The fourth-order valence-corrected chi connectivity index (χ4v) is 7.07. The predicted octanol–water partition coefficient (Wildman–Crippen LogP) is -1.04. The van der Waals surface area contributed by atoms with Crippen LogP contribution in [0.1, 0.15) is 31.9 Å². The summed E-state index contributed by atoms with van der Waals surface area (Å²) in [6.07, 6.45) is 7.55. The SMILES string of the molecule is CCO/N=C(\Cc1csc(N)n1)C(=O)NC1C(=O)N2C(C(=O)[O-])=C(C[NH+]3CC=CC4=C3CCC4)CSC12. The minimum atomic E-state index is -1.37. The molecule has 4 aliphatic rings. The van der Waals surface area contributed by atoms with Crippen LogP contribution >= 0.6 is 23.1 Å². The monoisotopic (exact) mass is 544 g/mol. The molecular formula is C24H28N6O5S2. The Morgan fingerprint density at radius 1 is 1.41 bits per heavy atom. The molecule has 0 spiro atoms. The second-order valence-electron chi connectivity index (χ2n) is 9.15. The molecular weight excluding hydrogens is 516 g/mol. The third-order valence-corrected chi connectivity index (χ3v) is 8.87. The molecule has 3 atom stereocenters. The summed E-state index contributed by atoms with van der Waals surface area (Å²) >= 11 is 2.69. The Morgan fingerprint density at radius 3 is 2.97 bits per heavy atom. The standard InChI is InChI=1S/C24H28N6O5S2/c1-2-35-28-16(9-15-12-37-24(25)26-15)20(31)27-18-21(32)30-19(23(33)34)14(11-36-22(18)30)10-29-8-4-6-13-5-3-7-17(13)29/h4,6,12,18,22H,2-3,5,7-11H2,1H3,(H2,25,26)(H,27,31)(H,33,34)/b28-16+. The van der Waals surface area contributed by atoms with Gasteiger partial charge in [-0.1, -0.05) is 11.2 Å². The first kappa shape index (κ1) is 25.5. The second kappa shape index (κ2) is 10.7. The fourth-order valence-electron chi connectivity index (χ4n) is 5.16. The lowest BCUT2D eigenvalue weighted by atomic mass is 10.0. The molecule has 13 heteroatoms. The highest BCUT2D eigenvalue weighted by molar-refractivity contribution is 8.00. The number of aromatic nitrogens is 1. The van der Waals surface area contributed by atoms with E-state index in [1.54, 1.807) is 12.3 Å². The number of quaternary nitrogens is 1. The molecule has 2 amide bonds. The van der Waals surface area contributed by atoms with E-state index in [2.05, 4.69) is 27.6 Å². The Bertz CT molecular complexity index is 1250. The van der Waals surface area contributed by atoms with Gasteiger partial charge in [-0.25, -0.2) is 4.98 Å². The van der Waals surface area contributed by atoms with Crippen molar-refractivity contribution in [1.82, 2.24) is 15.2 Å². The number of nitrogens with two attached hydrogens (primary N) is 1. The number of hydrogen-bond donors (Lipinski definition) is 3. The van der Waals surface area contributed by atoms with Crippen LogP contribution in [0.4, 0.5) is 5.13 Å². The molecule has 1 aromatic rings. The summed E-state index contributed by atoms with van der Waals surface area (Å²) < 4.78 is 0. The van der Waals surface area contributed by atoms with Crippen LogP contribution in [0.3, 0.4) is 0 Å². The maximum Gasteiger partial charge on any atom is 0.270 e. The van der Waals surface area contributed by atoms with E-state index in [0.29, 0.717) is 28.7 Å². The number of thiazole rings is 1. The van der Waals surface area contributed by atoms with Crippen molar-refractivity contribution in [3.05, 3.63) is 45.8 Å². The smallest absolute Gasteiger partial charge is 0.270 e. The highest BCUT2D eigenvalue weighted by Gasteiger charge is 2.53. The summed E-state index contributed by atoms with van der Waals surface area (Å²) in [5, 5.41) is 20.4. The fraction of sp³-hybridized carbons (Fsp3) is 0.458. The van der Waals surface area contributed by atoms with Crippen LogP contribution in [0.2, 0.25) is 0 Å². The van der Waals surface area contributed by atoms with Gasteiger partial charge in [-0.05, 0) is 25.8 Å². The van der Waals surface area contributed by atoms with Gasteiger partial charge in [0.05, 0.1) is 17.4 Å². The first-order valence-electron chi connectivity index (χ1n) is 12.2. The molecule has 1 aromatic heterocycles. The number of nitrogens with zero attached hydrogens (tertiary/aromatic N) is 3. The zero-order valence-corrected chi connectivity index (χ0v) is 22.0. The van der Waals surface area contributed by atoms with Crippen LogP contribution in [-0.2, 0) is 25.6 Å². The molecule has 3 aliphatic heterocycles. The van der Waals surface area contributed by atoms with Crippen LogP contribution in [-0.4, -0.2) is 70.2 Å². The van der Waals surface area contributed by atoms with Crippen LogP contribution < -0.4 is 21.1 Å². The molecule has 5 rings (SSSR count). The van der Waals surface area contributed by atoms with E-state index in [1.165, 1.54) is 44.2 Å². The number of anilines is 1. The molecule has 1 aliphatic carbocycles. The largest absolute Gasteiger partial charge is 0.543 e. The Kier molecular flexibility index (Phi) is 7.36. The van der Waals surface area contributed by atoms with E-state index in [0.717, 1.165) is 25.8 Å². The minimum Gasteiger partial charge on any atom is -0.543 e. The molecule has 0 radical (unpaired) electrons. The molecule has 4 heterocycles. The molecule has 0 saturated carbocycles. The van der Waals surface area contributed by atoms with E-state index in [4.69, 9.17) is 10.6 Å². The van der Waals surface area contributed by atoms with Crippen molar-refractivity contribution in [2.45, 2.75) is 44.0 Å². The molecule has 196 valence electrons. The Balaban J connectivity index is 1.30. The van der Waals surface area contributed by atoms with Gasteiger partial charge in [-0.15, -0.1) is 23.1 Å². The number of amides is 2. The number of allylic oxidation sites excluding steroid dienone is 3.